The van der Waals surface area contributed by atoms with Gasteiger partial charge in [0.1, 0.15) is 0 Å². The molecule has 2 aromatic carbocycles. The second-order valence-corrected chi connectivity index (χ2v) is 3.87. The zero-order chi connectivity index (χ0) is 10.1. The van der Waals surface area contributed by atoms with Crippen molar-refractivity contribution in [3.63, 3.8) is 0 Å². The Balaban J connectivity index is 2.17. The highest BCUT2D eigenvalue weighted by Crippen LogP contribution is 2.27. The maximum Gasteiger partial charge on any atom is 0.0451 e. The van der Waals surface area contributed by atoms with Crippen molar-refractivity contribution < 1.29 is 0 Å². The zero-order valence-electron chi connectivity index (χ0n) is 8.56. The van der Waals surface area contributed by atoms with Gasteiger partial charge in [-0.05, 0) is 11.5 Å². The van der Waals surface area contributed by atoms with E-state index < -0.39 is 0 Å². The van der Waals surface area contributed by atoms with Crippen LogP contribution in [0.15, 0.2) is 54.6 Å². The standard InChI is InChI=1S/C14H13N/c1-2-8-13-12(6-1)7-5-9-14(13)15-10-3-4-11-15/h1-9H,10-11H2. The molecule has 0 aliphatic carbocycles. The van der Waals surface area contributed by atoms with Crippen LogP contribution in [0.25, 0.3) is 10.8 Å². The molecule has 1 aliphatic rings. The molecule has 0 bridgehead atoms. The summed E-state index contributed by atoms with van der Waals surface area (Å²) in [7, 11) is 0. The molecule has 0 saturated heterocycles. The minimum absolute atomic E-state index is 1.04. The van der Waals surface area contributed by atoms with E-state index in [1.54, 1.807) is 0 Å². The van der Waals surface area contributed by atoms with Gasteiger partial charge in [0.2, 0.25) is 0 Å². The molecule has 3 rings (SSSR count). The van der Waals surface area contributed by atoms with Crippen LogP contribution in [0.2, 0.25) is 0 Å². The van der Waals surface area contributed by atoms with E-state index in [-0.39, 0.29) is 0 Å². The second kappa shape index (κ2) is 3.43. The molecule has 1 heterocycles. The molecule has 1 heteroatoms. The number of hydrogen-bond donors (Lipinski definition) is 0. The van der Waals surface area contributed by atoms with Gasteiger partial charge in [0.05, 0.1) is 0 Å². The molecule has 0 N–H and O–H groups in total. The van der Waals surface area contributed by atoms with Crippen molar-refractivity contribution in [2.45, 2.75) is 0 Å². The Morgan fingerprint density at radius 3 is 2.40 bits per heavy atom. The molecule has 0 atom stereocenters. The predicted molar refractivity (Wildman–Crippen MR) is 65.3 cm³/mol. The fourth-order valence-corrected chi connectivity index (χ4v) is 2.16. The van der Waals surface area contributed by atoms with Crippen LogP contribution in [-0.2, 0) is 0 Å². The summed E-state index contributed by atoms with van der Waals surface area (Å²) in [5.41, 5.74) is 1.35. The van der Waals surface area contributed by atoms with Gasteiger partial charge in [-0.2, -0.15) is 0 Å². The van der Waals surface area contributed by atoms with Gasteiger partial charge in [-0.3, -0.25) is 0 Å². The lowest BCUT2D eigenvalue weighted by Crippen LogP contribution is -2.18. The average molecular weight is 195 g/mol. The van der Waals surface area contributed by atoms with Gasteiger partial charge in [0, 0.05) is 24.2 Å². The number of benzene rings is 2. The molecule has 0 spiro atoms. The van der Waals surface area contributed by atoms with Crippen molar-refractivity contribution in [2.75, 3.05) is 18.0 Å². The van der Waals surface area contributed by atoms with Crippen LogP contribution in [-0.4, -0.2) is 13.1 Å². The van der Waals surface area contributed by atoms with E-state index in [1.807, 2.05) is 0 Å². The molecule has 0 saturated carbocycles. The molecule has 15 heavy (non-hydrogen) atoms. The van der Waals surface area contributed by atoms with E-state index in [9.17, 15) is 0 Å². The lowest BCUT2D eigenvalue weighted by atomic mass is 10.1. The van der Waals surface area contributed by atoms with E-state index in [1.165, 1.54) is 16.5 Å². The van der Waals surface area contributed by atoms with E-state index in [2.05, 4.69) is 59.5 Å². The topological polar surface area (TPSA) is 3.24 Å². The Kier molecular flexibility index (Phi) is 1.95. The molecular formula is C14H13N. The van der Waals surface area contributed by atoms with Gasteiger partial charge in [0.15, 0.2) is 0 Å². The molecule has 1 aliphatic heterocycles. The van der Waals surface area contributed by atoms with Crippen molar-refractivity contribution in [1.29, 1.82) is 0 Å². The lowest BCUT2D eigenvalue weighted by Gasteiger charge is -2.19. The highest BCUT2D eigenvalue weighted by atomic mass is 15.1. The molecule has 0 unspecified atom stereocenters. The summed E-state index contributed by atoms with van der Waals surface area (Å²) in [6.45, 7) is 2.07. The maximum absolute atomic E-state index is 2.39. The quantitative estimate of drug-likeness (QED) is 0.631. The largest absolute Gasteiger partial charge is 0.364 e. The Morgan fingerprint density at radius 1 is 0.800 bits per heavy atom. The van der Waals surface area contributed by atoms with Crippen LogP contribution in [0.3, 0.4) is 0 Å². The van der Waals surface area contributed by atoms with E-state index >= 15 is 0 Å². The molecule has 0 amide bonds. The molecule has 0 radical (unpaired) electrons. The van der Waals surface area contributed by atoms with Gasteiger partial charge in [-0.1, -0.05) is 48.6 Å². The van der Waals surface area contributed by atoms with Crippen LogP contribution in [0.4, 0.5) is 5.69 Å². The molecule has 2 aromatic rings. The van der Waals surface area contributed by atoms with Gasteiger partial charge < -0.3 is 4.90 Å². The van der Waals surface area contributed by atoms with Gasteiger partial charge >= 0.3 is 0 Å². The first-order valence-corrected chi connectivity index (χ1v) is 5.33. The summed E-state index contributed by atoms with van der Waals surface area (Å²) in [6.07, 6.45) is 4.45. The Bertz CT molecular complexity index is 500. The fourth-order valence-electron chi connectivity index (χ4n) is 2.16. The SMILES string of the molecule is C1=CCN(c2cccc3ccccc23)C1. The first-order chi connectivity index (χ1) is 7.45. The maximum atomic E-state index is 2.39. The van der Waals surface area contributed by atoms with Gasteiger partial charge in [-0.15, -0.1) is 0 Å². The Hall–Kier alpha value is -1.76. The van der Waals surface area contributed by atoms with Crippen molar-refractivity contribution in [1.82, 2.24) is 0 Å². The third kappa shape index (κ3) is 1.40. The summed E-state index contributed by atoms with van der Waals surface area (Å²) in [5, 5.41) is 2.67. The van der Waals surface area contributed by atoms with E-state index in [0.29, 0.717) is 0 Å². The molecule has 74 valence electrons. The fraction of sp³-hybridized carbons (Fsp3) is 0.143. The van der Waals surface area contributed by atoms with E-state index in [0.717, 1.165) is 13.1 Å². The van der Waals surface area contributed by atoms with Crippen molar-refractivity contribution in [3.8, 4) is 0 Å². The summed E-state index contributed by atoms with van der Waals surface area (Å²) in [4.78, 5) is 2.39. The lowest BCUT2D eigenvalue weighted by molar-refractivity contribution is 1.01. The summed E-state index contributed by atoms with van der Waals surface area (Å²) < 4.78 is 0. The van der Waals surface area contributed by atoms with Crippen LogP contribution in [0, 0.1) is 0 Å². The average Bonchev–Trinajstić information content (AvgIpc) is 2.82. The van der Waals surface area contributed by atoms with Crippen LogP contribution < -0.4 is 4.90 Å². The minimum atomic E-state index is 1.04. The monoisotopic (exact) mass is 195 g/mol. The van der Waals surface area contributed by atoms with E-state index in [4.69, 9.17) is 0 Å². The Morgan fingerprint density at radius 2 is 1.53 bits per heavy atom. The first-order valence-electron chi connectivity index (χ1n) is 5.33. The number of rotatable bonds is 1. The van der Waals surface area contributed by atoms with Crippen LogP contribution in [0.5, 0.6) is 0 Å². The number of hydrogen-bond acceptors (Lipinski definition) is 1. The zero-order valence-corrected chi connectivity index (χ0v) is 8.56. The minimum Gasteiger partial charge on any atom is -0.364 e. The van der Waals surface area contributed by atoms with Crippen molar-refractivity contribution in [3.05, 3.63) is 54.6 Å². The highest BCUT2D eigenvalue weighted by Gasteiger charge is 2.09. The number of nitrogens with zero attached hydrogens (tertiary/aromatic N) is 1. The molecule has 0 fully saturated rings. The summed E-state index contributed by atoms with van der Waals surface area (Å²) >= 11 is 0. The van der Waals surface area contributed by atoms with Crippen LogP contribution in [0.1, 0.15) is 0 Å². The van der Waals surface area contributed by atoms with Crippen molar-refractivity contribution >= 4 is 16.5 Å². The molecule has 1 nitrogen and oxygen atoms in total. The van der Waals surface area contributed by atoms with Gasteiger partial charge in [-0.25, -0.2) is 0 Å². The highest BCUT2D eigenvalue weighted by molar-refractivity contribution is 5.94. The second-order valence-electron chi connectivity index (χ2n) is 3.87. The summed E-state index contributed by atoms with van der Waals surface area (Å²) in [5.74, 6) is 0. The molecular weight excluding hydrogens is 182 g/mol. The number of anilines is 1. The van der Waals surface area contributed by atoms with Gasteiger partial charge in [0.25, 0.3) is 0 Å². The third-order valence-corrected chi connectivity index (χ3v) is 2.93. The number of fused-ring (bicyclic) bond motifs is 1. The normalized spacial score (nSPS) is 15.1. The first kappa shape index (κ1) is 8.54. The third-order valence-electron chi connectivity index (χ3n) is 2.93. The van der Waals surface area contributed by atoms with Crippen molar-refractivity contribution in [2.24, 2.45) is 0 Å². The van der Waals surface area contributed by atoms with Crippen LogP contribution >= 0.6 is 0 Å². The summed E-state index contributed by atoms with van der Waals surface area (Å²) in [6, 6.07) is 15.1. The molecule has 0 aromatic heterocycles. The Labute approximate surface area is 89.6 Å². The predicted octanol–water partition coefficient (Wildman–Crippen LogP) is 3.22. The smallest absolute Gasteiger partial charge is 0.0451 e.